The van der Waals surface area contributed by atoms with E-state index in [0.717, 1.165) is 12.5 Å². The van der Waals surface area contributed by atoms with Gasteiger partial charge in [0.1, 0.15) is 0 Å². The Balaban J connectivity index is 2.76. The molecule has 2 heteroatoms. The van der Waals surface area contributed by atoms with Gasteiger partial charge in [-0.15, -0.1) is 0 Å². The second kappa shape index (κ2) is 6.19. The van der Waals surface area contributed by atoms with E-state index in [-0.39, 0.29) is 0 Å². The predicted octanol–water partition coefficient (Wildman–Crippen LogP) is 3.27. The standard InChI is InChI=1S/C15H32N2/c1-7-9-13-11-17(15(5,6)8-2)14(10-16-13)12(3)4/h12-14,16H,7-11H2,1-6H3. The maximum Gasteiger partial charge on any atom is 0.0249 e. The van der Waals surface area contributed by atoms with Crippen LogP contribution in [0.2, 0.25) is 0 Å². The van der Waals surface area contributed by atoms with Gasteiger partial charge in [0.25, 0.3) is 0 Å². The highest BCUT2D eigenvalue weighted by molar-refractivity contribution is 4.94. The van der Waals surface area contributed by atoms with E-state index < -0.39 is 0 Å². The molecule has 102 valence electrons. The fraction of sp³-hybridized carbons (Fsp3) is 1.00. The monoisotopic (exact) mass is 240 g/mol. The molecule has 1 heterocycles. The third-order valence-electron chi connectivity index (χ3n) is 4.48. The van der Waals surface area contributed by atoms with Crippen molar-refractivity contribution in [2.45, 2.75) is 78.4 Å². The Hall–Kier alpha value is -0.0800. The summed E-state index contributed by atoms with van der Waals surface area (Å²) in [6.45, 7) is 16.5. The first kappa shape index (κ1) is 15.0. The molecule has 1 N–H and O–H groups in total. The molecule has 0 saturated carbocycles. The lowest BCUT2D eigenvalue weighted by molar-refractivity contribution is 0.00654. The summed E-state index contributed by atoms with van der Waals surface area (Å²) >= 11 is 0. The second-order valence-corrected chi connectivity index (χ2v) is 6.52. The first-order chi connectivity index (χ1) is 7.92. The van der Waals surface area contributed by atoms with Gasteiger partial charge in [-0.05, 0) is 32.6 Å². The van der Waals surface area contributed by atoms with Crippen molar-refractivity contribution >= 4 is 0 Å². The van der Waals surface area contributed by atoms with Crippen LogP contribution in [0.3, 0.4) is 0 Å². The van der Waals surface area contributed by atoms with Crippen LogP contribution >= 0.6 is 0 Å². The van der Waals surface area contributed by atoms with Crippen LogP contribution in [0.15, 0.2) is 0 Å². The van der Waals surface area contributed by atoms with Crippen molar-refractivity contribution < 1.29 is 0 Å². The van der Waals surface area contributed by atoms with Crippen molar-refractivity contribution in [2.24, 2.45) is 5.92 Å². The number of hydrogen-bond donors (Lipinski definition) is 1. The van der Waals surface area contributed by atoms with Gasteiger partial charge in [0.2, 0.25) is 0 Å². The molecular formula is C15H32N2. The number of rotatable bonds is 5. The molecule has 0 aromatic rings. The van der Waals surface area contributed by atoms with Crippen LogP contribution in [-0.2, 0) is 0 Å². The van der Waals surface area contributed by atoms with E-state index in [1.165, 1.54) is 25.8 Å². The largest absolute Gasteiger partial charge is 0.311 e. The molecule has 1 fully saturated rings. The Kier molecular flexibility index (Phi) is 5.46. The second-order valence-electron chi connectivity index (χ2n) is 6.52. The highest BCUT2D eigenvalue weighted by Gasteiger charge is 2.37. The Morgan fingerprint density at radius 3 is 2.41 bits per heavy atom. The highest BCUT2D eigenvalue weighted by Crippen LogP contribution is 2.27. The van der Waals surface area contributed by atoms with Gasteiger partial charge in [-0.2, -0.15) is 0 Å². The molecule has 17 heavy (non-hydrogen) atoms. The molecule has 0 bridgehead atoms. The molecule has 1 rings (SSSR count). The van der Waals surface area contributed by atoms with E-state index >= 15 is 0 Å². The average molecular weight is 240 g/mol. The van der Waals surface area contributed by atoms with Gasteiger partial charge < -0.3 is 5.32 Å². The molecule has 0 aromatic carbocycles. The van der Waals surface area contributed by atoms with E-state index in [9.17, 15) is 0 Å². The van der Waals surface area contributed by atoms with Crippen molar-refractivity contribution in [2.75, 3.05) is 13.1 Å². The van der Waals surface area contributed by atoms with Crippen molar-refractivity contribution in [1.29, 1.82) is 0 Å². The Bertz CT molecular complexity index is 223. The lowest BCUT2D eigenvalue weighted by Gasteiger charge is -2.50. The van der Waals surface area contributed by atoms with E-state index in [2.05, 4.69) is 51.8 Å². The van der Waals surface area contributed by atoms with Gasteiger partial charge in [0.05, 0.1) is 0 Å². The van der Waals surface area contributed by atoms with Crippen LogP contribution in [0.25, 0.3) is 0 Å². The van der Waals surface area contributed by atoms with E-state index in [1.54, 1.807) is 0 Å². The minimum atomic E-state index is 0.336. The molecule has 0 radical (unpaired) electrons. The first-order valence-corrected chi connectivity index (χ1v) is 7.42. The quantitative estimate of drug-likeness (QED) is 0.793. The minimum Gasteiger partial charge on any atom is -0.311 e. The van der Waals surface area contributed by atoms with Gasteiger partial charge in [0.15, 0.2) is 0 Å². The fourth-order valence-corrected chi connectivity index (χ4v) is 2.87. The van der Waals surface area contributed by atoms with Gasteiger partial charge >= 0.3 is 0 Å². The molecular weight excluding hydrogens is 208 g/mol. The topological polar surface area (TPSA) is 15.3 Å². The molecule has 1 aliphatic heterocycles. The Morgan fingerprint density at radius 1 is 1.29 bits per heavy atom. The summed E-state index contributed by atoms with van der Waals surface area (Å²) in [5.41, 5.74) is 0.336. The molecule has 0 amide bonds. The van der Waals surface area contributed by atoms with E-state index in [4.69, 9.17) is 0 Å². The molecule has 2 nitrogen and oxygen atoms in total. The van der Waals surface area contributed by atoms with Crippen LogP contribution in [0.5, 0.6) is 0 Å². The highest BCUT2D eigenvalue weighted by atomic mass is 15.3. The van der Waals surface area contributed by atoms with Crippen molar-refractivity contribution in [1.82, 2.24) is 10.2 Å². The summed E-state index contributed by atoms with van der Waals surface area (Å²) in [7, 11) is 0. The molecule has 2 atom stereocenters. The summed E-state index contributed by atoms with van der Waals surface area (Å²) < 4.78 is 0. The first-order valence-electron chi connectivity index (χ1n) is 7.42. The van der Waals surface area contributed by atoms with Crippen molar-refractivity contribution in [3.63, 3.8) is 0 Å². The lowest BCUT2D eigenvalue weighted by Crippen LogP contribution is -2.63. The minimum absolute atomic E-state index is 0.336. The van der Waals surface area contributed by atoms with Crippen molar-refractivity contribution in [3.05, 3.63) is 0 Å². The van der Waals surface area contributed by atoms with Crippen LogP contribution in [0.4, 0.5) is 0 Å². The summed E-state index contributed by atoms with van der Waals surface area (Å²) in [5.74, 6) is 0.732. The summed E-state index contributed by atoms with van der Waals surface area (Å²) in [6, 6.07) is 1.39. The number of piperazine rings is 1. The van der Waals surface area contributed by atoms with Gasteiger partial charge in [-0.25, -0.2) is 0 Å². The van der Waals surface area contributed by atoms with Crippen LogP contribution in [0.1, 0.15) is 60.8 Å². The molecule has 2 unspecified atom stereocenters. The zero-order valence-electron chi connectivity index (χ0n) is 12.7. The summed E-state index contributed by atoms with van der Waals surface area (Å²) in [5, 5.41) is 3.74. The normalized spacial score (nSPS) is 27.7. The van der Waals surface area contributed by atoms with Gasteiger partial charge in [0, 0.05) is 30.7 Å². The molecule has 0 aliphatic carbocycles. The maximum atomic E-state index is 3.74. The number of nitrogens with one attached hydrogen (secondary N) is 1. The van der Waals surface area contributed by atoms with Crippen molar-refractivity contribution in [3.8, 4) is 0 Å². The van der Waals surface area contributed by atoms with Crippen LogP contribution in [-0.4, -0.2) is 35.6 Å². The number of nitrogens with zero attached hydrogens (tertiary/aromatic N) is 1. The van der Waals surface area contributed by atoms with E-state index in [1.807, 2.05) is 0 Å². The van der Waals surface area contributed by atoms with Crippen LogP contribution in [0, 0.1) is 5.92 Å². The Labute approximate surface area is 108 Å². The zero-order valence-corrected chi connectivity index (χ0v) is 12.7. The molecule has 1 saturated heterocycles. The number of hydrogen-bond acceptors (Lipinski definition) is 2. The average Bonchev–Trinajstić information content (AvgIpc) is 2.29. The third kappa shape index (κ3) is 3.69. The Morgan fingerprint density at radius 2 is 1.94 bits per heavy atom. The molecule has 1 aliphatic rings. The molecule has 0 aromatic heterocycles. The summed E-state index contributed by atoms with van der Waals surface area (Å²) in [4.78, 5) is 2.76. The van der Waals surface area contributed by atoms with Gasteiger partial charge in [-0.1, -0.05) is 34.1 Å². The predicted molar refractivity (Wildman–Crippen MR) is 76.4 cm³/mol. The smallest absolute Gasteiger partial charge is 0.0249 e. The SMILES string of the molecule is CCCC1CN(C(C)(C)CC)C(C(C)C)CN1. The lowest BCUT2D eigenvalue weighted by atomic mass is 9.89. The van der Waals surface area contributed by atoms with E-state index in [0.29, 0.717) is 17.6 Å². The maximum absolute atomic E-state index is 3.74. The van der Waals surface area contributed by atoms with Gasteiger partial charge in [-0.3, -0.25) is 4.90 Å². The van der Waals surface area contributed by atoms with Crippen LogP contribution < -0.4 is 5.32 Å². The third-order valence-corrected chi connectivity index (χ3v) is 4.48. The fourth-order valence-electron chi connectivity index (χ4n) is 2.87. The summed E-state index contributed by atoms with van der Waals surface area (Å²) in [6.07, 6.45) is 3.82. The zero-order chi connectivity index (χ0) is 13.1. The molecule has 0 spiro atoms.